The Kier molecular flexibility index (Phi) is 6.74. The van der Waals surface area contributed by atoms with Gasteiger partial charge in [0.2, 0.25) is 5.91 Å². The minimum atomic E-state index is 0.215. The molecule has 1 aliphatic heterocycles. The third-order valence-corrected chi connectivity index (χ3v) is 5.93. The topological polar surface area (TPSA) is 35.6 Å². The summed E-state index contributed by atoms with van der Waals surface area (Å²) in [5, 5.41) is 4.00. The highest BCUT2D eigenvalue weighted by Gasteiger charge is 2.26. The van der Waals surface area contributed by atoms with Crippen LogP contribution in [-0.2, 0) is 4.79 Å². The minimum absolute atomic E-state index is 0.215. The molecule has 0 aromatic heterocycles. The molecule has 0 bridgehead atoms. The summed E-state index contributed by atoms with van der Waals surface area (Å²) in [6.07, 6.45) is 5.75. The molecule has 0 spiro atoms. The van der Waals surface area contributed by atoms with Gasteiger partial charge in [-0.15, -0.1) is 0 Å². The first-order valence-corrected chi connectivity index (χ1v) is 9.97. The fourth-order valence-corrected chi connectivity index (χ4v) is 4.11. The molecular weight excluding hydrogens is 334 g/mol. The fraction of sp³-hybridized carbons (Fsp3) is 0.650. The number of likely N-dealkylation sites (N-methyl/N-ethyl adjacent to an activating group) is 1. The van der Waals surface area contributed by atoms with Crippen LogP contribution in [0, 0.1) is 5.92 Å². The predicted molar refractivity (Wildman–Crippen MR) is 103 cm³/mol. The van der Waals surface area contributed by atoms with Crippen LogP contribution in [0.5, 0.6) is 0 Å². The normalized spacial score (nSPS) is 21.8. The van der Waals surface area contributed by atoms with Crippen LogP contribution in [0.1, 0.15) is 43.7 Å². The van der Waals surface area contributed by atoms with Gasteiger partial charge in [-0.2, -0.15) is 0 Å². The van der Waals surface area contributed by atoms with Crippen molar-refractivity contribution in [1.29, 1.82) is 0 Å². The zero-order chi connectivity index (χ0) is 17.6. The lowest BCUT2D eigenvalue weighted by Crippen LogP contribution is -2.49. The van der Waals surface area contributed by atoms with Gasteiger partial charge in [0.15, 0.2) is 0 Å². The van der Waals surface area contributed by atoms with E-state index in [4.69, 9.17) is 11.6 Å². The van der Waals surface area contributed by atoms with E-state index in [-0.39, 0.29) is 17.9 Å². The van der Waals surface area contributed by atoms with Crippen molar-refractivity contribution in [3.63, 3.8) is 0 Å². The molecular formula is C20H30ClN3O. The first-order valence-electron chi connectivity index (χ1n) is 9.59. The summed E-state index contributed by atoms with van der Waals surface area (Å²) in [7, 11) is 2.17. The number of benzene rings is 1. The van der Waals surface area contributed by atoms with E-state index in [1.165, 1.54) is 24.8 Å². The summed E-state index contributed by atoms with van der Waals surface area (Å²) < 4.78 is 0. The second kappa shape index (κ2) is 9.02. The number of nitrogens with one attached hydrogen (secondary N) is 1. The molecule has 1 aromatic rings. The zero-order valence-corrected chi connectivity index (χ0v) is 16.0. The van der Waals surface area contributed by atoms with E-state index in [0.29, 0.717) is 6.54 Å². The Hall–Kier alpha value is -1.10. The number of hydrogen-bond acceptors (Lipinski definition) is 3. The van der Waals surface area contributed by atoms with Gasteiger partial charge in [0.05, 0.1) is 6.04 Å². The molecule has 1 N–H and O–H groups in total. The van der Waals surface area contributed by atoms with Crippen molar-refractivity contribution in [2.24, 2.45) is 5.92 Å². The first-order chi connectivity index (χ1) is 12.1. The van der Waals surface area contributed by atoms with Crippen LogP contribution in [-0.4, -0.2) is 55.5 Å². The standard InChI is InChI=1S/C20H30ClN3O/c1-23-11-13-24(14-12-23)19(16-7-9-18(21)10-8-16)15-22-20(25)17-5-3-2-4-6-17/h7-10,17,19H,2-6,11-15H2,1H3,(H,22,25). The van der Waals surface area contributed by atoms with E-state index in [1.807, 2.05) is 12.1 Å². The molecule has 1 unspecified atom stereocenters. The lowest BCUT2D eigenvalue weighted by Gasteiger charge is -2.38. The molecule has 3 rings (SSSR count). The van der Waals surface area contributed by atoms with Crippen molar-refractivity contribution in [2.45, 2.75) is 38.1 Å². The van der Waals surface area contributed by atoms with Crippen molar-refractivity contribution >= 4 is 17.5 Å². The SMILES string of the molecule is CN1CCN(C(CNC(=O)C2CCCCC2)c2ccc(Cl)cc2)CC1. The highest BCUT2D eigenvalue weighted by molar-refractivity contribution is 6.30. The average Bonchev–Trinajstić information content (AvgIpc) is 2.65. The van der Waals surface area contributed by atoms with Gasteiger partial charge >= 0.3 is 0 Å². The maximum absolute atomic E-state index is 12.6. The fourth-order valence-electron chi connectivity index (χ4n) is 3.98. The van der Waals surface area contributed by atoms with Gasteiger partial charge in [-0.3, -0.25) is 9.69 Å². The molecule has 1 aliphatic carbocycles. The largest absolute Gasteiger partial charge is 0.354 e. The molecule has 0 radical (unpaired) electrons. The number of rotatable bonds is 5. The number of halogens is 1. The third kappa shape index (κ3) is 5.19. The Labute approximate surface area is 156 Å². The summed E-state index contributed by atoms with van der Waals surface area (Å²) in [6.45, 7) is 4.88. The molecule has 2 fully saturated rings. The Bertz CT molecular complexity index is 549. The molecule has 1 atom stereocenters. The molecule has 1 saturated carbocycles. The van der Waals surface area contributed by atoms with E-state index in [0.717, 1.165) is 44.0 Å². The van der Waals surface area contributed by atoms with Crippen molar-refractivity contribution in [3.05, 3.63) is 34.9 Å². The van der Waals surface area contributed by atoms with Crippen molar-refractivity contribution in [1.82, 2.24) is 15.1 Å². The maximum atomic E-state index is 12.6. The van der Waals surface area contributed by atoms with E-state index in [1.54, 1.807) is 0 Å². The Morgan fingerprint density at radius 1 is 1.12 bits per heavy atom. The zero-order valence-electron chi connectivity index (χ0n) is 15.2. The van der Waals surface area contributed by atoms with Crippen LogP contribution < -0.4 is 5.32 Å². The van der Waals surface area contributed by atoms with Gasteiger partial charge in [-0.1, -0.05) is 43.0 Å². The molecule has 1 heterocycles. The van der Waals surface area contributed by atoms with Gasteiger partial charge in [-0.05, 0) is 37.6 Å². The summed E-state index contributed by atoms with van der Waals surface area (Å²) in [5.74, 6) is 0.458. The van der Waals surface area contributed by atoms with Gasteiger partial charge in [0.25, 0.3) is 0 Å². The van der Waals surface area contributed by atoms with Gasteiger partial charge in [0.1, 0.15) is 0 Å². The minimum Gasteiger partial charge on any atom is -0.354 e. The molecule has 5 heteroatoms. The smallest absolute Gasteiger partial charge is 0.223 e. The molecule has 1 saturated heterocycles. The van der Waals surface area contributed by atoms with Crippen LogP contribution in [0.2, 0.25) is 5.02 Å². The number of carbonyl (C=O) groups is 1. The number of amides is 1. The van der Waals surface area contributed by atoms with Crippen LogP contribution in [0.25, 0.3) is 0 Å². The van der Waals surface area contributed by atoms with Crippen LogP contribution >= 0.6 is 11.6 Å². The summed E-state index contributed by atoms with van der Waals surface area (Å²) >= 11 is 6.06. The highest BCUT2D eigenvalue weighted by Crippen LogP contribution is 2.26. The molecule has 4 nitrogen and oxygen atoms in total. The quantitative estimate of drug-likeness (QED) is 0.871. The average molecular weight is 364 g/mol. The van der Waals surface area contributed by atoms with Crippen LogP contribution in [0.4, 0.5) is 0 Å². The monoisotopic (exact) mass is 363 g/mol. The summed E-state index contributed by atoms with van der Waals surface area (Å²) in [5.41, 5.74) is 1.23. The number of nitrogens with zero attached hydrogens (tertiary/aromatic N) is 2. The second-order valence-electron chi connectivity index (χ2n) is 7.49. The van der Waals surface area contributed by atoms with E-state index >= 15 is 0 Å². The van der Waals surface area contributed by atoms with Crippen LogP contribution in [0.3, 0.4) is 0 Å². The van der Waals surface area contributed by atoms with E-state index in [9.17, 15) is 4.79 Å². The lowest BCUT2D eigenvalue weighted by molar-refractivity contribution is -0.126. The van der Waals surface area contributed by atoms with Crippen molar-refractivity contribution in [3.8, 4) is 0 Å². The Morgan fingerprint density at radius 3 is 2.40 bits per heavy atom. The molecule has 138 valence electrons. The first kappa shape index (κ1) is 18.7. The predicted octanol–water partition coefficient (Wildman–Crippen LogP) is 3.33. The third-order valence-electron chi connectivity index (χ3n) is 5.68. The summed E-state index contributed by atoms with van der Waals surface area (Å²) in [4.78, 5) is 17.4. The van der Waals surface area contributed by atoms with Gasteiger partial charge < -0.3 is 10.2 Å². The second-order valence-corrected chi connectivity index (χ2v) is 7.92. The van der Waals surface area contributed by atoms with Crippen LogP contribution in [0.15, 0.2) is 24.3 Å². The van der Waals surface area contributed by atoms with Gasteiger partial charge in [-0.25, -0.2) is 0 Å². The number of hydrogen-bond donors (Lipinski definition) is 1. The maximum Gasteiger partial charge on any atom is 0.223 e. The summed E-state index contributed by atoms with van der Waals surface area (Å²) in [6, 6.07) is 8.31. The van der Waals surface area contributed by atoms with E-state index < -0.39 is 0 Å². The number of piperazine rings is 1. The molecule has 1 amide bonds. The molecule has 2 aliphatic rings. The highest BCUT2D eigenvalue weighted by atomic mass is 35.5. The van der Waals surface area contributed by atoms with Gasteiger partial charge in [0, 0.05) is 43.7 Å². The van der Waals surface area contributed by atoms with E-state index in [2.05, 4.69) is 34.3 Å². The lowest BCUT2D eigenvalue weighted by atomic mass is 9.88. The Morgan fingerprint density at radius 2 is 1.76 bits per heavy atom. The Balaban J connectivity index is 1.65. The van der Waals surface area contributed by atoms with Crippen molar-refractivity contribution in [2.75, 3.05) is 39.8 Å². The molecule has 25 heavy (non-hydrogen) atoms. The molecule has 1 aromatic carbocycles. The number of carbonyl (C=O) groups excluding carboxylic acids is 1. The van der Waals surface area contributed by atoms with Crippen molar-refractivity contribution < 1.29 is 4.79 Å².